The van der Waals surface area contributed by atoms with E-state index in [1.165, 1.54) is 11.3 Å². The molecule has 30 heavy (non-hydrogen) atoms. The normalized spacial score (nSPS) is 12.3. The van der Waals surface area contributed by atoms with Crippen LogP contribution in [0.3, 0.4) is 0 Å². The quantitative estimate of drug-likeness (QED) is 0.214. The first kappa shape index (κ1) is 26.2. The number of guanidine groups is 1. The van der Waals surface area contributed by atoms with Gasteiger partial charge < -0.3 is 20.1 Å². The number of ether oxygens (including phenoxy) is 2. The molecule has 0 saturated carbocycles. The van der Waals surface area contributed by atoms with E-state index in [2.05, 4.69) is 70.4 Å². The fourth-order valence-electron chi connectivity index (χ4n) is 3.07. The summed E-state index contributed by atoms with van der Waals surface area (Å²) in [4.78, 5) is 4.34. The molecule has 1 unspecified atom stereocenters. The Morgan fingerprint density at radius 1 is 1.17 bits per heavy atom. The fraction of sp³-hybridized carbons (Fsp3) is 0.545. The van der Waals surface area contributed by atoms with E-state index in [1.54, 1.807) is 14.2 Å². The van der Waals surface area contributed by atoms with Crippen LogP contribution in [0.25, 0.3) is 0 Å². The number of benzene rings is 1. The molecule has 1 atom stereocenters. The average Bonchev–Trinajstić information content (AvgIpc) is 3.00. The zero-order chi connectivity index (χ0) is 21.2. The molecule has 1 aromatic heterocycles. The molecular formula is C22H36IN5O2. The molecule has 0 saturated heterocycles. The fourth-order valence-corrected chi connectivity index (χ4v) is 3.07. The Balaban J connectivity index is 0.00000450. The first-order valence-corrected chi connectivity index (χ1v) is 10.1. The van der Waals surface area contributed by atoms with Crippen LogP contribution < -0.4 is 15.4 Å². The summed E-state index contributed by atoms with van der Waals surface area (Å²) in [5.74, 6) is 2.07. The van der Waals surface area contributed by atoms with Gasteiger partial charge in [0, 0.05) is 45.0 Å². The van der Waals surface area contributed by atoms with Crippen LogP contribution in [0, 0.1) is 26.7 Å². The molecule has 0 fully saturated rings. The highest BCUT2D eigenvalue weighted by molar-refractivity contribution is 14.0. The van der Waals surface area contributed by atoms with Crippen LogP contribution in [-0.2, 0) is 17.8 Å². The minimum atomic E-state index is 0. The van der Waals surface area contributed by atoms with Crippen LogP contribution in [-0.4, -0.2) is 49.7 Å². The molecule has 2 N–H and O–H groups in total. The molecule has 2 aromatic rings. The van der Waals surface area contributed by atoms with Crippen molar-refractivity contribution >= 4 is 29.9 Å². The zero-order valence-corrected chi connectivity index (χ0v) is 21.3. The van der Waals surface area contributed by atoms with Crippen LogP contribution >= 0.6 is 24.0 Å². The van der Waals surface area contributed by atoms with Gasteiger partial charge in [0.05, 0.1) is 12.3 Å². The molecule has 8 heteroatoms. The van der Waals surface area contributed by atoms with Gasteiger partial charge in [-0.25, -0.2) is 0 Å². The maximum absolute atomic E-state index is 5.87. The summed E-state index contributed by atoms with van der Waals surface area (Å²) in [6, 6.07) is 8.34. The summed E-state index contributed by atoms with van der Waals surface area (Å²) in [7, 11) is 3.46. The molecule has 0 amide bonds. The molecule has 0 spiro atoms. The monoisotopic (exact) mass is 529 g/mol. The Hall–Kier alpha value is -1.81. The highest BCUT2D eigenvalue weighted by Crippen LogP contribution is 2.20. The molecule has 0 radical (unpaired) electrons. The molecule has 0 aliphatic heterocycles. The van der Waals surface area contributed by atoms with Crippen LogP contribution in [0.5, 0.6) is 5.75 Å². The van der Waals surface area contributed by atoms with Crippen molar-refractivity contribution in [3.63, 3.8) is 0 Å². The lowest BCUT2D eigenvalue weighted by molar-refractivity contribution is 0.145. The second-order valence-electron chi connectivity index (χ2n) is 7.47. The van der Waals surface area contributed by atoms with Gasteiger partial charge in [0.1, 0.15) is 12.4 Å². The van der Waals surface area contributed by atoms with Crippen LogP contribution in [0.2, 0.25) is 0 Å². The largest absolute Gasteiger partial charge is 0.491 e. The first-order chi connectivity index (χ1) is 13.9. The van der Waals surface area contributed by atoms with Gasteiger partial charge in [0.2, 0.25) is 0 Å². The van der Waals surface area contributed by atoms with E-state index < -0.39 is 0 Å². The zero-order valence-electron chi connectivity index (χ0n) is 19.0. The summed E-state index contributed by atoms with van der Waals surface area (Å²) in [6.45, 7) is 11.8. The minimum Gasteiger partial charge on any atom is -0.491 e. The van der Waals surface area contributed by atoms with Crippen molar-refractivity contribution in [3.05, 3.63) is 46.8 Å². The number of halogens is 1. The van der Waals surface area contributed by atoms with Crippen molar-refractivity contribution in [2.45, 2.75) is 40.8 Å². The van der Waals surface area contributed by atoms with E-state index in [-0.39, 0.29) is 24.0 Å². The van der Waals surface area contributed by atoms with E-state index in [1.807, 2.05) is 6.92 Å². The number of methoxy groups -OCH3 is 1. The third-order valence-electron chi connectivity index (χ3n) is 4.64. The second-order valence-corrected chi connectivity index (χ2v) is 7.47. The second kappa shape index (κ2) is 13.5. The van der Waals surface area contributed by atoms with Crippen molar-refractivity contribution in [2.75, 3.05) is 33.9 Å². The molecular weight excluding hydrogens is 493 g/mol. The van der Waals surface area contributed by atoms with Crippen molar-refractivity contribution in [2.24, 2.45) is 10.9 Å². The lowest BCUT2D eigenvalue weighted by Crippen LogP contribution is -2.39. The van der Waals surface area contributed by atoms with Crippen molar-refractivity contribution in [3.8, 4) is 5.75 Å². The number of hydrogen-bond donors (Lipinski definition) is 2. The van der Waals surface area contributed by atoms with Crippen LogP contribution in [0.1, 0.15) is 29.4 Å². The van der Waals surface area contributed by atoms with Gasteiger partial charge in [-0.3, -0.25) is 9.67 Å². The van der Waals surface area contributed by atoms with Crippen LogP contribution in [0.4, 0.5) is 0 Å². The van der Waals surface area contributed by atoms with E-state index in [0.29, 0.717) is 25.7 Å². The topological polar surface area (TPSA) is 72.7 Å². The van der Waals surface area contributed by atoms with Crippen molar-refractivity contribution in [1.82, 2.24) is 20.4 Å². The molecule has 1 heterocycles. The Labute approximate surface area is 197 Å². The molecule has 2 rings (SSSR count). The van der Waals surface area contributed by atoms with E-state index in [4.69, 9.17) is 9.47 Å². The third-order valence-corrected chi connectivity index (χ3v) is 4.64. The summed E-state index contributed by atoms with van der Waals surface area (Å²) in [5.41, 5.74) is 4.51. The van der Waals surface area contributed by atoms with Crippen molar-refractivity contribution < 1.29 is 9.47 Å². The maximum Gasteiger partial charge on any atom is 0.191 e. The number of rotatable bonds is 10. The SMILES string of the molecule is CN=C(NCc1ccc(C)cc1OCCOC)NCC(C)Cn1nc(C)cc1C.I. The number of nitrogens with zero attached hydrogens (tertiary/aromatic N) is 3. The summed E-state index contributed by atoms with van der Waals surface area (Å²) >= 11 is 0. The number of aryl methyl sites for hydroxylation is 3. The highest BCUT2D eigenvalue weighted by Gasteiger charge is 2.09. The summed E-state index contributed by atoms with van der Waals surface area (Å²) in [5, 5.41) is 11.3. The predicted octanol–water partition coefficient (Wildman–Crippen LogP) is 3.45. The molecule has 168 valence electrons. The van der Waals surface area contributed by atoms with Gasteiger partial charge in [-0.1, -0.05) is 19.1 Å². The first-order valence-electron chi connectivity index (χ1n) is 10.1. The molecule has 0 aliphatic rings. The summed E-state index contributed by atoms with van der Waals surface area (Å²) in [6.07, 6.45) is 0. The molecule has 1 aromatic carbocycles. The Morgan fingerprint density at radius 2 is 1.93 bits per heavy atom. The van der Waals surface area contributed by atoms with Gasteiger partial charge in [-0.05, 0) is 44.4 Å². The third kappa shape index (κ3) is 8.51. The lowest BCUT2D eigenvalue weighted by Gasteiger charge is -2.18. The van der Waals surface area contributed by atoms with Gasteiger partial charge in [0.15, 0.2) is 5.96 Å². The standard InChI is InChI=1S/C22H35N5O2.HI/c1-16-7-8-20(21(11-16)29-10-9-28-6)14-25-22(23-5)24-13-17(2)15-27-19(4)12-18(3)26-27;/h7-8,11-12,17H,9-10,13-15H2,1-6H3,(H2,23,24,25);1H. The van der Waals surface area contributed by atoms with E-state index in [0.717, 1.165) is 36.1 Å². The number of aliphatic imine (C=N–C) groups is 1. The molecule has 0 aliphatic carbocycles. The lowest BCUT2D eigenvalue weighted by atomic mass is 10.1. The number of hydrogen-bond acceptors (Lipinski definition) is 4. The van der Waals surface area contributed by atoms with Gasteiger partial charge in [-0.2, -0.15) is 5.10 Å². The number of nitrogens with one attached hydrogen (secondary N) is 2. The van der Waals surface area contributed by atoms with E-state index >= 15 is 0 Å². The Kier molecular flexibility index (Phi) is 11.8. The minimum absolute atomic E-state index is 0. The van der Waals surface area contributed by atoms with Gasteiger partial charge in [0.25, 0.3) is 0 Å². The van der Waals surface area contributed by atoms with Crippen LogP contribution in [0.15, 0.2) is 29.3 Å². The highest BCUT2D eigenvalue weighted by atomic mass is 127. The van der Waals surface area contributed by atoms with Crippen molar-refractivity contribution in [1.29, 1.82) is 0 Å². The Bertz CT molecular complexity index is 807. The maximum atomic E-state index is 5.87. The van der Waals surface area contributed by atoms with E-state index in [9.17, 15) is 0 Å². The molecule has 0 bridgehead atoms. The average molecular weight is 529 g/mol. The number of aromatic nitrogens is 2. The van der Waals surface area contributed by atoms with Gasteiger partial charge >= 0.3 is 0 Å². The predicted molar refractivity (Wildman–Crippen MR) is 133 cm³/mol. The molecule has 7 nitrogen and oxygen atoms in total. The summed E-state index contributed by atoms with van der Waals surface area (Å²) < 4.78 is 13.0. The smallest absolute Gasteiger partial charge is 0.191 e. The Morgan fingerprint density at radius 3 is 2.57 bits per heavy atom. The van der Waals surface area contributed by atoms with Gasteiger partial charge in [-0.15, -0.1) is 24.0 Å².